The second-order valence-electron chi connectivity index (χ2n) is 8.21. The smallest absolute Gasteiger partial charge is 0.220 e. The lowest BCUT2D eigenvalue weighted by Crippen LogP contribution is -2.38. The Morgan fingerprint density at radius 2 is 1.93 bits per heavy atom. The summed E-state index contributed by atoms with van der Waals surface area (Å²) in [4.78, 5) is 18.7. The van der Waals surface area contributed by atoms with Crippen LogP contribution in [0.15, 0.2) is 54.7 Å². The number of aromatic nitrogens is 1. The minimum Gasteiger partial charge on any atom is -0.361 e. The summed E-state index contributed by atoms with van der Waals surface area (Å²) < 4.78 is 0. The lowest BCUT2D eigenvalue weighted by Gasteiger charge is -2.26. The molecule has 1 saturated heterocycles. The molecule has 152 valence electrons. The topological polar surface area (TPSA) is 48.1 Å². The summed E-state index contributed by atoms with van der Waals surface area (Å²) in [5.74, 6) is 0.167. The molecule has 2 N–H and O–H groups in total. The van der Waals surface area contributed by atoms with Crippen molar-refractivity contribution in [3.63, 3.8) is 0 Å². The molecule has 1 aliphatic rings. The summed E-state index contributed by atoms with van der Waals surface area (Å²) in [5.41, 5.74) is 4.72. The summed E-state index contributed by atoms with van der Waals surface area (Å²) >= 11 is 0. The van der Waals surface area contributed by atoms with Crippen LogP contribution in [-0.2, 0) is 4.79 Å². The molecule has 0 radical (unpaired) electrons. The van der Waals surface area contributed by atoms with Gasteiger partial charge < -0.3 is 15.2 Å². The van der Waals surface area contributed by atoms with E-state index in [1.165, 1.54) is 41.3 Å². The van der Waals surface area contributed by atoms with Gasteiger partial charge in [-0.3, -0.25) is 4.79 Å². The summed E-state index contributed by atoms with van der Waals surface area (Å²) in [6.07, 6.45) is 6.43. The maximum atomic E-state index is 12.8. The highest BCUT2D eigenvalue weighted by Gasteiger charge is 2.21. The third-order valence-electron chi connectivity index (χ3n) is 6.03. The zero-order valence-corrected chi connectivity index (χ0v) is 17.3. The number of para-hydroxylation sites is 1. The van der Waals surface area contributed by atoms with Gasteiger partial charge in [-0.2, -0.15) is 0 Å². The van der Waals surface area contributed by atoms with Gasteiger partial charge in [-0.1, -0.05) is 54.4 Å². The van der Waals surface area contributed by atoms with Crippen LogP contribution in [0.25, 0.3) is 10.9 Å². The van der Waals surface area contributed by atoms with Gasteiger partial charge in [0, 0.05) is 42.5 Å². The van der Waals surface area contributed by atoms with E-state index in [9.17, 15) is 4.79 Å². The fraction of sp³-hybridized carbons (Fsp3) is 0.400. The Bertz CT molecular complexity index is 955. The van der Waals surface area contributed by atoms with E-state index in [4.69, 9.17) is 0 Å². The largest absolute Gasteiger partial charge is 0.361 e. The Balaban J connectivity index is 1.49. The molecule has 0 saturated carbocycles. The van der Waals surface area contributed by atoms with E-state index >= 15 is 0 Å². The van der Waals surface area contributed by atoms with Crippen molar-refractivity contribution in [1.82, 2.24) is 15.2 Å². The Hall–Kier alpha value is -2.59. The minimum absolute atomic E-state index is 0.0426. The van der Waals surface area contributed by atoms with Crippen molar-refractivity contribution in [3.05, 3.63) is 71.4 Å². The number of piperidine rings is 1. The van der Waals surface area contributed by atoms with Crippen molar-refractivity contribution >= 4 is 16.8 Å². The van der Waals surface area contributed by atoms with Crippen LogP contribution in [-0.4, -0.2) is 42.0 Å². The Morgan fingerprint density at radius 3 is 2.76 bits per heavy atom. The summed E-state index contributed by atoms with van der Waals surface area (Å²) in [6.45, 7) is 6.12. The highest BCUT2D eigenvalue weighted by molar-refractivity contribution is 5.86. The normalized spacial score (nSPS) is 16.0. The summed E-state index contributed by atoms with van der Waals surface area (Å²) in [6, 6.07) is 16.9. The molecular weight excluding hydrogens is 358 g/mol. The van der Waals surface area contributed by atoms with E-state index in [0.717, 1.165) is 31.7 Å². The molecule has 29 heavy (non-hydrogen) atoms. The molecule has 0 aliphatic carbocycles. The fourth-order valence-electron chi connectivity index (χ4n) is 4.47. The molecule has 1 aliphatic heterocycles. The van der Waals surface area contributed by atoms with Crippen molar-refractivity contribution in [3.8, 4) is 0 Å². The first-order valence-corrected chi connectivity index (χ1v) is 10.8. The second-order valence-corrected chi connectivity index (χ2v) is 8.21. The van der Waals surface area contributed by atoms with E-state index in [-0.39, 0.29) is 11.8 Å². The molecule has 1 atom stereocenters. The molecule has 4 rings (SSSR count). The number of nitrogens with zero attached hydrogens (tertiary/aromatic N) is 1. The van der Waals surface area contributed by atoms with Crippen molar-refractivity contribution in [1.29, 1.82) is 0 Å². The molecule has 0 spiro atoms. The average Bonchev–Trinajstić information content (AvgIpc) is 3.17. The third-order valence-corrected chi connectivity index (χ3v) is 6.03. The number of nitrogens with one attached hydrogen (secondary N) is 2. The maximum absolute atomic E-state index is 12.8. The summed E-state index contributed by atoms with van der Waals surface area (Å²) in [5, 5.41) is 4.36. The van der Waals surface area contributed by atoms with Crippen LogP contribution in [0.1, 0.15) is 48.3 Å². The maximum Gasteiger partial charge on any atom is 0.220 e. The second kappa shape index (κ2) is 9.27. The number of carbonyl (C=O) groups excluding carboxylic acids is 1. The van der Waals surface area contributed by atoms with Gasteiger partial charge in [-0.25, -0.2) is 0 Å². The molecule has 1 fully saturated rings. The van der Waals surface area contributed by atoms with E-state index < -0.39 is 0 Å². The van der Waals surface area contributed by atoms with E-state index in [2.05, 4.69) is 70.8 Å². The molecule has 1 aromatic heterocycles. The number of benzene rings is 2. The van der Waals surface area contributed by atoms with E-state index in [0.29, 0.717) is 6.42 Å². The van der Waals surface area contributed by atoms with Crippen molar-refractivity contribution < 1.29 is 4.79 Å². The molecule has 0 bridgehead atoms. The van der Waals surface area contributed by atoms with Crippen LogP contribution >= 0.6 is 0 Å². The number of carbonyl (C=O) groups is 1. The Kier molecular flexibility index (Phi) is 6.30. The summed E-state index contributed by atoms with van der Waals surface area (Å²) in [7, 11) is 0. The number of likely N-dealkylation sites (tertiary alicyclic amines) is 1. The van der Waals surface area contributed by atoms with Crippen LogP contribution < -0.4 is 5.32 Å². The van der Waals surface area contributed by atoms with Crippen LogP contribution in [0.5, 0.6) is 0 Å². The highest BCUT2D eigenvalue weighted by atomic mass is 16.1. The van der Waals surface area contributed by atoms with Gasteiger partial charge in [-0.15, -0.1) is 0 Å². The molecule has 3 aromatic rings. The molecular formula is C25H31N3O. The standard InChI is InChI=1S/C25H31N3O/c1-19-8-7-9-20(16-19)22(23-18-27-24-11-4-3-10-21(23)24)17-25(29)26-12-15-28-13-5-2-6-14-28/h3-4,7-11,16,18,22,27H,2,5-6,12-15,17H2,1H3,(H,26,29). The third kappa shape index (κ3) is 4.88. The Morgan fingerprint density at radius 1 is 1.10 bits per heavy atom. The van der Waals surface area contributed by atoms with Gasteiger partial charge in [0.05, 0.1) is 0 Å². The van der Waals surface area contributed by atoms with Gasteiger partial charge in [0.15, 0.2) is 0 Å². The quantitative estimate of drug-likeness (QED) is 0.620. The monoisotopic (exact) mass is 389 g/mol. The Labute approximate surface area is 173 Å². The molecule has 4 nitrogen and oxygen atoms in total. The molecule has 1 unspecified atom stereocenters. The number of aromatic amines is 1. The zero-order chi connectivity index (χ0) is 20.1. The molecule has 2 aromatic carbocycles. The molecule has 1 amide bonds. The van der Waals surface area contributed by atoms with Crippen LogP contribution in [0.2, 0.25) is 0 Å². The fourth-order valence-corrected chi connectivity index (χ4v) is 4.47. The van der Waals surface area contributed by atoms with Gasteiger partial charge in [0.2, 0.25) is 5.91 Å². The van der Waals surface area contributed by atoms with Gasteiger partial charge in [0.1, 0.15) is 0 Å². The number of hydrogen-bond acceptors (Lipinski definition) is 2. The van der Waals surface area contributed by atoms with Crippen LogP contribution in [0.3, 0.4) is 0 Å². The van der Waals surface area contributed by atoms with Gasteiger partial charge >= 0.3 is 0 Å². The molecule has 2 heterocycles. The number of rotatable bonds is 7. The molecule has 4 heteroatoms. The van der Waals surface area contributed by atoms with Crippen LogP contribution in [0.4, 0.5) is 0 Å². The van der Waals surface area contributed by atoms with Crippen molar-refractivity contribution in [2.75, 3.05) is 26.2 Å². The van der Waals surface area contributed by atoms with Crippen molar-refractivity contribution in [2.45, 2.75) is 38.5 Å². The first kappa shape index (κ1) is 19.7. The predicted octanol–water partition coefficient (Wildman–Crippen LogP) is 4.60. The highest BCUT2D eigenvalue weighted by Crippen LogP contribution is 2.33. The van der Waals surface area contributed by atoms with Gasteiger partial charge in [0.25, 0.3) is 0 Å². The van der Waals surface area contributed by atoms with E-state index in [1.54, 1.807) is 0 Å². The first-order chi connectivity index (χ1) is 14.2. The lowest BCUT2D eigenvalue weighted by atomic mass is 9.87. The number of aryl methyl sites for hydroxylation is 1. The van der Waals surface area contributed by atoms with Crippen molar-refractivity contribution in [2.24, 2.45) is 0 Å². The van der Waals surface area contributed by atoms with Crippen LogP contribution in [0, 0.1) is 6.92 Å². The number of amides is 1. The predicted molar refractivity (Wildman–Crippen MR) is 119 cm³/mol. The van der Waals surface area contributed by atoms with Gasteiger partial charge in [-0.05, 0) is 50.0 Å². The number of fused-ring (bicyclic) bond motifs is 1. The SMILES string of the molecule is Cc1cccc(C(CC(=O)NCCN2CCCCC2)c2c[nH]c3ccccc23)c1. The number of H-pyrrole nitrogens is 1. The minimum atomic E-state index is 0.0426. The first-order valence-electron chi connectivity index (χ1n) is 10.8. The number of hydrogen-bond donors (Lipinski definition) is 2. The average molecular weight is 390 g/mol. The van der Waals surface area contributed by atoms with E-state index in [1.807, 2.05) is 6.07 Å². The lowest BCUT2D eigenvalue weighted by molar-refractivity contribution is -0.121. The zero-order valence-electron chi connectivity index (χ0n) is 17.3.